The fraction of sp³-hybridized carbons (Fsp3) is 1.00. The average Bonchev–Trinajstić information content (AvgIpc) is 2.85. The molecule has 0 radical (unpaired) electrons. The zero-order valence-electron chi connectivity index (χ0n) is 11.9. The van der Waals surface area contributed by atoms with Crippen LogP contribution in [-0.2, 0) is 4.74 Å². The predicted molar refractivity (Wildman–Crippen MR) is 73.4 cm³/mol. The minimum atomic E-state index is 0.645. The van der Waals surface area contributed by atoms with Gasteiger partial charge in [0, 0.05) is 19.2 Å². The Bertz CT molecular complexity index is 177. The molecule has 2 atom stereocenters. The van der Waals surface area contributed by atoms with Crippen molar-refractivity contribution in [3.05, 3.63) is 0 Å². The SMILES string of the molecule is CCN(CC)CCCC(C)NCC1CCOC1. The summed E-state index contributed by atoms with van der Waals surface area (Å²) in [6, 6.07) is 0.645. The highest BCUT2D eigenvalue weighted by Crippen LogP contribution is 2.11. The lowest BCUT2D eigenvalue weighted by molar-refractivity contribution is 0.184. The molecule has 1 N–H and O–H groups in total. The van der Waals surface area contributed by atoms with Crippen molar-refractivity contribution >= 4 is 0 Å². The van der Waals surface area contributed by atoms with Crippen LogP contribution >= 0.6 is 0 Å². The molecule has 1 heterocycles. The van der Waals surface area contributed by atoms with E-state index < -0.39 is 0 Å². The fourth-order valence-corrected chi connectivity index (χ4v) is 2.38. The van der Waals surface area contributed by atoms with Gasteiger partial charge in [-0.15, -0.1) is 0 Å². The van der Waals surface area contributed by atoms with Crippen LogP contribution in [0.3, 0.4) is 0 Å². The van der Waals surface area contributed by atoms with Gasteiger partial charge in [0.1, 0.15) is 0 Å². The number of ether oxygens (including phenoxy) is 1. The number of hydrogen-bond acceptors (Lipinski definition) is 3. The molecule has 3 heteroatoms. The third kappa shape index (κ3) is 6.39. The van der Waals surface area contributed by atoms with Crippen molar-refractivity contribution in [3.63, 3.8) is 0 Å². The van der Waals surface area contributed by atoms with Crippen LogP contribution < -0.4 is 5.32 Å². The van der Waals surface area contributed by atoms with Crippen molar-refractivity contribution in [1.82, 2.24) is 10.2 Å². The monoisotopic (exact) mass is 242 g/mol. The molecule has 1 fully saturated rings. The number of nitrogens with one attached hydrogen (secondary N) is 1. The molecule has 0 aromatic heterocycles. The summed E-state index contributed by atoms with van der Waals surface area (Å²) in [6.07, 6.45) is 3.82. The van der Waals surface area contributed by atoms with Gasteiger partial charge in [0.15, 0.2) is 0 Å². The average molecular weight is 242 g/mol. The Morgan fingerprint density at radius 1 is 1.35 bits per heavy atom. The highest BCUT2D eigenvalue weighted by molar-refractivity contribution is 4.70. The molecule has 0 aromatic carbocycles. The minimum absolute atomic E-state index is 0.645. The number of rotatable bonds is 9. The van der Waals surface area contributed by atoms with Crippen LogP contribution in [0, 0.1) is 5.92 Å². The molecule has 3 nitrogen and oxygen atoms in total. The molecule has 1 rings (SSSR count). The second kappa shape index (κ2) is 8.90. The maximum atomic E-state index is 5.38. The molecule has 102 valence electrons. The molecule has 1 saturated heterocycles. The third-order valence-corrected chi connectivity index (χ3v) is 3.78. The molecule has 2 unspecified atom stereocenters. The summed E-state index contributed by atoms with van der Waals surface area (Å²) in [4.78, 5) is 2.50. The predicted octanol–water partition coefficient (Wildman–Crippen LogP) is 2.12. The van der Waals surface area contributed by atoms with Gasteiger partial charge in [-0.3, -0.25) is 0 Å². The first kappa shape index (κ1) is 14.9. The Morgan fingerprint density at radius 3 is 2.71 bits per heavy atom. The third-order valence-electron chi connectivity index (χ3n) is 3.78. The van der Waals surface area contributed by atoms with Crippen LogP contribution in [0.25, 0.3) is 0 Å². The normalized spacial score (nSPS) is 22.2. The van der Waals surface area contributed by atoms with Crippen LogP contribution in [0.4, 0.5) is 0 Å². The van der Waals surface area contributed by atoms with E-state index in [1.165, 1.54) is 38.9 Å². The van der Waals surface area contributed by atoms with Crippen LogP contribution in [0.2, 0.25) is 0 Å². The van der Waals surface area contributed by atoms with Gasteiger partial charge in [-0.25, -0.2) is 0 Å². The summed E-state index contributed by atoms with van der Waals surface area (Å²) in [7, 11) is 0. The van der Waals surface area contributed by atoms with Crippen molar-refractivity contribution in [2.24, 2.45) is 5.92 Å². The van der Waals surface area contributed by atoms with E-state index in [0.29, 0.717) is 6.04 Å². The van der Waals surface area contributed by atoms with Crippen molar-refractivity contribution in [3.8, 4) is 0 Å². The minimum Gasteiger partial charge on any atom is -0.381 e. The van der Waals surface area contributed by atoms with Crippen LogP contribution in [0.5, 0.6) is 0 Å². The van der Waals surface area contributed by atoms with Crippen molar-refractivity contribution < 1.29 is 4.74 Å². The topological polar surface area (TPSA) is 24.5 Å². The Balaban J connectivity index is 1.98. The van der Waals surface area contributed by atoms with Gasteiger partial charge < -0.3 is 15.0 Å². The van der Waals surface area contributed by atoms with E-state index >= 15 is 0 Å². The van der Waals surface area contributed by atoms with E-state index in [1.807, 2.05) is 0 Å². The molecule has 1 aliphatic heterocycles. The summed E-state index contributed by atoms with van der Waals surface area (Å²) in [5, 5.41) is 3.64. The van der Waals surface area contributed by atoms with Gasteiger partial charge in [-0.1, -0.05) is 13.8 Å². The molecule has 1 aliphatic rings. The second-order valence-corrected chi connectivity index (χ2v) is 5.21. The van der Waals surface area contributed by atoms with Crippen molar-refractivity contribution in [1.29, 1.82) is 0 Å². The highest BCUT2D eigenvalue weighted by atomic mass is 16.5. The lowest BCUT2D eigenvalue weighted by Gasteiger charge is -2.20. The smallest absolute Gasteiger partial charge is 0.0507 e. The first-order chi connectivity index (χ1) is 8.26. The Labute approximate surface area is 107 Å². The molecular formula is C14H30N2O. The second-order valence-electron chi connectivity index (χ2n) is 5.21. The van der Waals surface area contributed by atoms with Crippen molar-refractivity contribution in [2.75, 3.05) is 39.4 Å². The number of hydrogen-bond donors (Lipinski definition) is 1. The lowest BCUT2D eigenvalue weighted by Crippen LogP contribution is -2.32. The first-order valence-corrected chi connectivity index (χ1v) is 7.29. The molecule has 0 spiro atoms. The largest absolute Gasteiger partial charge is 0.381 e. The summed E-state index contributed by atoms with van der Waals surface area (Å²) in [6.45, 7) is 13.4. The number of nitrogens with zero attached hydrogens (tertiary/aromatic N) is 1. The zero-order valence-corrected chi connectivity index (χ0v) is 11.9. The summed E-state index contributed by atoms with van der Waals surface area (Å²) in [5.74, 6) is 0.750. The van der Waals surface area contributed by atoms with Gasteiger partial charge in [0.05, 0.1) is 6.61 Å². The Kier molecular flexibility index (Phi) is 7.82. The molecule has 0 saturated carbocycles. The molecule has 17 heavy (non-hydrogen) atoms. The van der Waals surface area contributed by atoms with E-state index in [4.69, 9.17) is 4.74 Å². The standard InChI is InChI=1S/C14H30N2O/c1-4-16(5-2)9-6-7-13(3)15-11-14-8-10-17-12-14/h13-15H,4-12H2,1-3H3. The first-order valence-electron chi connectivity index (χ1n) is 7.29. The van der Waals surface area contributed by atoms with Crippen LogP contribution in [-0.4, -0.2) is 50.3 Å². The molecule has 0 amide bonds. The zero-order chi connectivity index (χ0) is 12.5. The van der Waals surface area contributed by atoms with Gasteiger partial charge in [-0.2, -0.15) is 0 Å². The molecule has 0 aromatic rings. The van der Waals surface area contributed by atoms with Crippen LogP contribution in [0.1, 0.15) is 40.0 Å². The van der Waals surface area contributed by atoms with E-state index in [1.54, 1.807) is 0 Å². The summed E-state index contributed by atoms with van der Waals surface area (Å²) in [5.41, 5.74) is 0. The van der Waals surface area contributed by atoms with Gasteiger partial charge >= 0.3 is 0 Å². The van der Waals surface area contributed by atoms with E-state index in [0.717, 1.165) is 25.7 Å². The van der Waals surface area contributed by atoms with Gasteiger partial charge in [0.2, 0.25) is 0 Å². The maximum Gasteiger partial charge on any atom is 0.0507 e. The highest BCUT2D eigenvalue weighted by Gasteiger charge is 2.15. The maximum absolute atomic E-state index is 5.38. The van der Waals surface area contributed by atoms with Crippen LogP contribution in [0.15, 0.2) is 0 Å². The fourth-order valence-electron chi connectivity index (χ4n) is 2.38. The Morgan fingerprint density at radius 2 is 2.12 bits per heavy atom. The molecule has 0 bridgehead atoms. The molecular weight excluding hydrogens is 212 g/mol. The van der Waals surface area contributed by atoms with Gasteiger partial charge in [0.25, 0.3) is 0 Å². The quantitative estimate of drug-likeness (QED) is 0.670. The lowest BCUT2D eigenvalue weighted by atomic mass is 10.1. The van der Waals surface area contributed by atoms with Crippen molar-refractivity contribution in [2.45, 2.75) is 46.1 Å². The molecule has 0 aliphatic carbocycles. The van der Waals surface area contributed by atoms with Gasteiger partial charge in [-0.05, 0) is 51.7 Å². The summed E-state index contributed by atoms with van der Waals surface area (Å²) < 4.78 is 5.38. The van der Waals surface area contributed by atoms with E-state index in [-0.39, 0.29) is 0 Å². The van der Waals surface area contributed by atoms with E-state index in [2.05, 4.69) is 31.0 Å². The van der Waals surface area contributed by atoms with E-state index in [9.17, 15) is 0 Å². The Hall–Kier alpha value is -0.120. The summed E-state index contributed by atoms with van der Waals surface area (Å²) >= 11 is 0.